The fourth-order valence-corrected chi connectivity index (χ4v) is 4.54. The molecule has 21 heavy (non-hydrogen) atoms. The van der Waals surface area contributed by atoms with E-state index in [1.165, 1.54) is 24.3 Å². The van der Waals surface area contributed by atoms with E-state index in [4.69, 9.17) is 28.3 Å². The Hall–Kier alpha value is -1.28. The van der Waals surface area contributed by atoms with Crippen molar-refractivity contribution in [1.29, 1.82) is 0 Å². The Morgan fingerprint density at radius 3 is 2.43 bits per heavy atom. The number of carboxylic acid groups (broad SMARTS) is 1. The van der Waals surface area contributed by atoms with Crippen molar-refractivity contribution in [3.05, 3.63) is 44.8 Å². The molecule has 5 nitrogen and oxygen atoms in total. The number of aromatic carboxylic acids is 1. The van der Waals surface area contributed by atoms with Gasteiger partial charge in [0, 0.05) is 0 Å². The number of carbonyl (C=O) groups is 1. The van der Waals surface area contributed by atoms with E-state index in [2.05, 4.69) is 4.72 Å². The maximum absolute atomic E-state index is 12.2. The van der Waals surface area contributed by atoms with Crippen molar-refractivity contribution >= 4 is 56.2 Å². The van der Waals surface area contributed by atoms with Gasteiger partial charge in [-0.1, -0.05) is 23.2 Å². The lowest BCUT2D eigenvalue weighted by Crippen LogP contribution is -2.11. The van der Waals surface area contributed by atoms with Crippen LogP contribution in [-0.4, -0.2) is 19.5 Å². The summed E-state index contributed by atoms with van der Waals surface area (Å²) < 4.78 is 27.2. The summed E-state index contributed by atoms with van der Waals surface area (Å²) in [6, 6.07) is 5.26. The quantitative estimate of drug-likeness (QED) is 0.861. The van der Waals surface area contributed by atoms with Crippen LogP contribution in [0.1, 0.15) is 15.9 Å². The molecule has 0 saturated carbocycles. The van der Waals surface area contributed by atoms with Gasteiger partial charge in [0.15, 0.2) is 0 Å². The van der Waals surface area contributed by atoms with Crippen molar-refractivity contribution in [3.8, 4) is 0 Å². The fourth-order valence-electron chi connectivity index (χ4n) is 1.52. The summed E-state index contributed by atoms with van der Waals surface area (Å²) in [5.41, 5.74) is 0.739. The normalized spacial score (nSPS) is 11.4. The molecule has 1 aromatic heterocycles. The first-order chi connectivity index (χ1) is 9.70. The maximum Gasteiger partial charge on any atom is 0.337 e. The van der Waals surface area contributed by atoms with Gasteiger partial charge in [-0.3, -0.25) is 4.72 Å². The zero-order valence-corrected chi connectivity index (χ0v) is 13.7. The highest BCUT2D eigenvalue weighted by atomic mass is 35.5. The zero-order valence-electron chi connectivity index (χ0n) is 10.6. The summed E-state index contributed by atoms with van der Waals surface area (Å²) >= 11 is 12.6. The number of halogens is 2. The van der Waals surface area contributed by atoms with Crippen molar-refractivity contribution in [2.45, 2.75) is 11.1 Å². The van der Waals surface area contributed by atoms with Gasteiger partial charge < -0.3 is 5.11 Å². The van der Waals surface area contributed by atoms with Crippen LogP contribution in [-0.2, 0) is 10.0 Å². The second-order valence-electron chi connectivity index (χ2n) is 4.13. The Bertz CT molecular complexity index is 795. The minimum Gasteiger partial charge on any atom is -0.478 e. The lowest BCUT2D eigenvalue weighted by Gasteiger charge is -2.07. The summed E-state index contributed by atoms with van der Waals surface area (Å²) in [4.78, 5) is 10.8. The molecule has 2 N–H and O–H groups in total. The summed E-state index contributed by atoms with van der Waals surface area (Å²) in [7, 11) is -3.79. The predicted molar refractivity (Wildman–Crippen MR) is 83.3 cm³/mol. The number of benzene rings is 1. The van der Waals surface area contributed by atoms with Crippen LogP contribution in [0.4, 0.5) is 5.69 Å². The SMILES string of the molecule is Cc1cc(S(=O)(=O)Nc2ccc(C(=O)O)c(Cl)c2)sc1Cl. The molecule has 1 heterocycles. The van der Waals surface area contributed by atoms with E-state index in [-0.39, 0.29) is 20.5 Å². The van der Waals surface area contributed by atoms with Gasteiger partial charge in [-0.15, -0.1) is 11.3 Å². The molecule has 0 spiro atoms. The molecule has 2 rings (SSSR count). The van der Waals surface area contributed by atoms with Gasteiger partial charge in [-0.2, -0.15) is 0 Å². The Labute approximate surface area is 135 Å². The average molecular weight is 366 g/mol. The number of aryl methyl sites for hydroxylation is 1. The molecule has 112 valence electrons. The van der Waals surface area contributed by atoms with E-state index in [1.54, 1.807) is 6.92 Å². The zero-order chi connectivity index (χ0) is 15.8. The highest BCUT2D eigenvalue weighted by Crippen LogP contribution is 2.31. The number of hydrogen-bond acceptors (Lipinski definition) is 4. The van der Waals surface area contributed by atoms with Crippen LogP contribution in [0.2, 0.25) is 9.36 Å². The molecule has 0 fully saturated rings. The molecule has 0 saturated heterocycles. The number of hydrogen-bond donors (Lipinski definition) is 2. The van der Waals surface area contributed by atoms with Crippen LogP contribution in [0.15, 0.2) is 28.5 Å². The van der Waals surface area contributed by atoms with Gasteiger partial charge in [-0.05, 0) is 36.8 Å². The minimum atomic E-state index is -3.79. The molecule has 2 aromatic rings. The number of carboxylic acids is 1. The fraction of sp³-hybridized carbons (Fsp3) is 0.0833. The third-order valence-electron chi connectivity index (χ3n) is 2.55. The topological polar surface area (TPSA) is 83.5 Å². The minimum absolute atomic E-state index is 0.0527. The first-order valence-corrected chi connectivity index (χ1v) is 8.58. The van der Waals surface area contributed by atoms with Gasteiger partial charge in [0.2, 0.25) is 0 Å². The molecular formula is C12H9Cl2NO4S2. The molecule has 0 aliphatic carbocycles. The predicted octanol–water partition coefficient (Wildman–Crippen LogP) is 3.86. The first-order valence-electron chi connectivity index (χ1n) is 5.52. The number of thiophene rings is 1. The largest absolute Gasteiger partial charge is 0.478 e. The molecule has 0 radical (unpaired) electrons. The number of rotatable bonds is 4. The number of nitrogens with one attached hydrogen (secondary N) is 1. The van der Waals surface area contributed by atoms with Crippen molar-refractivity contribution in [2.24, 2.45) is 0 Å². The monoisotopic (exact) mass is 365 g/mol. The Morgan fingerprint density at radius 1 is 1.29 bits per heavy atom. The maximum atomic E-state index is 12.2. The number of anilines is 1. The third kappa shape index (κ3) is 3.49. The lowest BCUT2D eigenvalue weighted by molar-refractivity contribution is 0.0697. The molecule has 0 bridgehead atoms. The Morgan fingerprint density at radius 2 is 1.95 bits per heavy atom. The molecule has 0 aliphatic rings. The van der Waals surface area contributed by atoms with Gasteiger partial charge in [0.05, 0.1) is 20.6 Å². The van der Waals surface area contributed by atoms with Crippen molar-refractivity contribution in [2.75, 3.05) is 4.72 Å². The summed E-state index contributed by atoms with van der Waals surface area (Å²) in [6.45, 7) is 1.70. The van der Waals surface area contributed by atoms with E-state index in [0.717, 1.165) is 11.3 Å². The summed E-state index contributed by atoms with van der Waals surface area (Å²) in [6.07, 6.45) is 0. The van der Waals surface area contributed by atoms with E-state index in [9.17, 15) is 13.2 Å². The Kier molecular flexibility index (Phi) is 4.48. The number of sulfonamides is 1. The van der Waals surface area contributed by atoms with Gasteiger partial charge in [0.25, 0.3) is 10.0 Å². The van der Waals surface area contributed by atoms with Crippen molar-refractivity contribution in [3.63, 3.8) is 0 Å². The van der Waals surface area contributed by atoms with Crippen LogP contribution in [0.25, 0.3) is 0 Å². The molecule has 0 amide bonds. The van der Waals surface area contributed by atoms with E-state index in [0.29, 0.717) is 9.90 Å². The third-order valence-corrected chi connectivity index (χ3v) is 6.27. The van der Waals surface area contributed by atoms with Crippen LogP contribution in [0, 0.1) is 6.92 Å². The molecule has 1 aromatic carbocycles. The Balaban J connectivity index is 2.33. The van der Waals surface area contributed by atoms with Gasteiger partial charge >= 0.3 is 5.97 Å². The van der Waals surface area contributed by atoms with Crippen LogP contribution >= 0.6 is 34.5 Å². The molecule has 0 aliphatic heterocycles. The van der Waals surface area contributed by atoms with Crippen LogP contribution < -0.4 is 4.72 Å². The summed E-state index contributed by atoms with van der Waals surface area (Å²) in [5.74, 6) is -1.19. The second-order valence-corrected chi connectivity index (χ2v) is 8.10. The molecule has 0 atom stereocenters. The summed E-state index contributed by atoms with van der Waals surface area (Å²) in [5, 5.41) is 8.81. The van der Waals surface area contributed by atoms with E-state index >= 15 is 0 Å². The highest BCUT2D eigenvalue weighted by molar-refractivity contribution is 7.94. The molecule has 9 heteroatoms. The van der Waals surface area contributed by atoms with E-state index in [1.807, 2.05) is 0 Å². The van der Waals surface area contributed by atoms with Crippen LogP contribution in [0.3, 0.4) is 0 Å². The van der Waals surface area contributed by atoms with Crippen molar-refractivity contribution in [1.82, 2.24) is 0 Å². The van der Waals surface area contributed by atoms with E-state index < -0.39 is 16.0 Å². The standard InChI is InChI=1S/C12H9Cl2NO4S2/c1-6-4-10(20-11(6)14)21(18,19)15-7-2-3-8(12(16)17)9(13)5-7/h2-5,15H,1H3,(H,16,17). The average Bonchev–Trinajstić information content (AvgIpc) is 2.69. The molecular weight excluding hydrogens is 357 g/mol. The second kappa shape index (κ2) is 5.84. The van der Waals surface area contributed by atoms with Crippen molar-refractivity contribution < 1.29 is 18.3 Å². The lowest BCUT2D eigenvalue weighted by atomic mass is 10.2. The first kappa shape index (κ1) is 16.1. The smallest absolute Gasteiger partial charge is 0.337 e. The highest BCUT2D eigenvalue weighted by Gasteiger charge is 2.19. The van der Waals surface area contributed by atoms with Gasteiger partial charge in [-0.25, -0.2) is 13.2 Å². The molecule has 0 unspecified atom stereocenters. The van der Waals surface area contributed by atoms with Gasteiger partial charge in [0.1, 0.15) is 4.21 Å². The van der Waals surface area contributed by atoms with Crippen LogP contribution in [0.5, 0.6) is 0 Å².